The first-order chi connectivity index (χ1) is 8.53. The first-order valence-electron chi connectivity index (χ1n) is 5.98. The Morgan fingerprint density at radius 3 is 2.83 bits per heavy atom. The van der Waals surface area contributed by atoms with Gasteiger partial charge in [0.2, 0.25) is 5.88 Å². The fraction of sp³-hybridized carbons (Fsp3) is 0.357. The van der Waals surface area contributed by atoms with Crippen LogP contribution in [0.3, 0.4) is 0 Å². The van der Waals surface area contributed by atoms with Crippen LogP contribution in [0.25, 0.3) is 10.8 Å². The van der Waals surface area contributed by atoms with Gasteiger partial charge in [-0.05, 0) is 31.5 Å². The van der Waals surface area contributed by atoms with E-state index in [0.29, 0.717) is 12.5 Å². The lowest BCUT2D eigenvalue weighted by Crippen LogP contribution is -2.41. The Labute approximate surface area is 115 Å². The third-order valence-corrected chi connectivity index (χ3v) is 3.75. The van der Waals surface area contributed by atoms with E-state index in [2.05, 4.69) is 27.8 Å². The largest absolute Gasteiger partial charge is 0.475 e. The van der Waals surface area contributed by atoms with Crippen molar-refractivity contribution in [1.82, 2.24) is 4.98 Å². The molecule has 0 bridgehead atoms. The van der Waals surface area contributed by atoms with Gasteiger partial charge in [0.1, 0.15) is 6.61 Å². The highest BCUT2D eigenvalue weighted by Crippen LogP contribution is 2.29. The summed E-state index contributed by atoms with van der Waals surface area (Å²) >= 11 is 3.53. The third-order valence-electron chi connectivity index (χ3n) is 3.06. The van der Waals surface area contributed by atoms with Gasteiger partial charge in [-0.25, -0.2) is 4.98 Å². The van der Waals surface area contributed by atoms with Crippen LogP contribution in [0.2, 0.25) is 0 Å². The van der Waals surface area contributed by atoms with E-state index in [-0.39, 0.29) is 5.54 Å². The number of halogens is 1. The predicted molar refractivity (Wildman–Crippen MR) is 77.8 cm³/mol. The summed E-state index contributed by atoms with van der Waals surface area (Å²) in [5.41, 5.74) is 5.75. The number of ether oxygens (including phenoxy) is 1. The molecule has 0 saturated carbocycles. The number of aromatic nitrogens is 1. The zero-order chi connectivity index (χ0) is 13.2. The molecule has 1 unspecified atom stereocenters. The lowest BCUT2D eigenvalue weighted by Gasteiger charge is -2.22. The van der Waals surface area contributed by atoms with Crippen molar-refractivity contribution in [2.45, 2.75) is 25.8 Å². The van der Waals surface area contributed by atoms with Gasteiger partial charge in [0, 0.05) is 27.0 Å². The normalized spacial score (nSPS) is 14.4. The van der Waals surface area contributed by atoms with Crippen molar-refractivity contribution in [1.29, 1.82) is 0 Å². The average molecular weight is 309 g/mol. The fourth-order valence-corrected chi connectivity index (χ4v) is 2.09. The molecule has 2 rings (SSSR count). The molecule has 0 aliphatic rings. The van der Waals surface area contributed by atoms with Gasteiger partial charge in [-0.2, -0.15) is 0 Å². The highest BCUT2D eigenvalue weighted by atomic mass is 79.9. The van der Waals surface area contributed by atoms with Crippen molar-refractivity contribution in [2.75, 3.05) is 6.61 Å². The number of pyridine rings is 1. The van der Waals surface area contributed by atoms with E-state index in [9.17, 15) is 0 Å². The van der Waals surface area contributed by atoms with Gasteiger partial charge in [-0.15, -0.1) is 0 Å². The molecule has 1 aromatic carbocycles. The Morgan fingerprint density at radius 1 is 1.33 bits per heavy atom. The average Bonchev–Trinajstić information content (AvgIpc) is 2.37. The summed E-state index contributed by atoms with van der Waals surface area (Å²) in [7, 11) is 0. The van der Waals surface area contributed by atoms with Gasteiger partial charge >= 0.3 is 0 Å². The fourth-order valence-electron chi connectivity index (χ4n) is 1.59. The van der Waals surface area contributed by atoms with E-state index in [1.54, 1.807) is 6.20 Å². The summed E-state index contributed by atoms with van der Waals surface area (Å²) in [6, 6.07) is 7.95. The van der Waals surface area contributed by atoms with E-state index in [1.807, 2.05) is 31.2 Å². The highest BCUT2D eigenvalue weighted by molar-refractivity contribution is 9.10. The van der Waals surface area contributed by atoms with Crippen molar-refractivity contribution < 1.29 is 4.74 Å². The molecule has 1 atom stereocenters. The van der Waals surface area contributed by atoms with E-state index < -0.39 is 0 Å². The van der Waals surface area contributed by atoms with Crippen LogP contribution in [0, 0.1) is 0 Å². The van der Waals surface area contributed by atoms with E-state index in [4.69, 9.17) is 10.5 Å². The topological polar surface area (TPSA) is 48.1 Å². The summed E-state index contributed by atoms with van der Waals surface area (Å²) in [5, 5.41) is 2.09. The standard InChI is InChI=1S/C14H17BrN2O/c1-3-14(2,16)9-18-13-11-5-4-6-12(15)10(11)7-8-17-13/h4-8H,3,9,16H2,1-2H3. The van der Waals surface area contributed by atoms with Crippen molar-refractivity contribution in [3.63, 3.8) is 0 Å². The lowest BCUT2D eigenvalue weighted by atomic mass is 10.0. The molecule has 4 heteroatoms. The van der Waals surface area contributed by atoms with Gasteiger partial charge in [-0.1, -0.05) is 28.9 Å². The predicted octanol–water partition coefficient (Wildman–Crippen LogP) is 3.50. The Bertz CT molecular complexity index is 554. The molecule has 3 nitrogen and oxygen atoms in total. The van der Waals surface area contributed by atoms with Crippen LogP contribution in [-0.4, -0.2) is 17.1 Å². The second kappa shape index (κ2) is 5.24. The maximum absolute atomic E-state index is 6.08. The minimum absolute atomic E-state index is 0.324. The monoisotopic (exact) mass is 308 g/mol. The summed E-state index contributed by atoms with van der Waals surface area (Å²) in [6.07, 6.45) is 2.61. The summed E-state index contributed by atoms with van der Waals surface area (Å²) in [5.74, 6) is 0.638. The Balaban J connectivity index is 2.32. The number of nitrogens with zero attached hydrogens (tertiary/aromatic N) is 1. The van der Waals surface area contributed by atoms with Crippen molar-refractivity contribution in [3.05, 3.63) is 34.9 Å². The third kappa shape index (κ3) is 2.82. The minimum atomic E-state index is -0.324. The van der Waals surface area contributed by atoms with Crippen LogP contribution in [0.15, 0.2) is 34.9 Å². The van der Waals surface area contributed by atoms with Gasteiger partial charge in [0.15, 0.2) is 0 Å². The van der Waals surface area contributed by atoms with Crippen molar-refractivity contribution in [2.24, 2.45) is 5.73 Å². The van der Waals surface area contributed by atoms with Crippen LogP contribution in [-0.2, 0) is 0 Å². The van der Waals surface area contributed by atoms with Crippen LogP contribution >= 0.6 is 15.9 Å². The molecular formula is C14H17BrN2O. The second-order valence-electron chi connectivity index (χ2n) is 4.75. The zero-order valence-electron chi connectivity index (χ0n) is 10.6. The Hall–Kier alpha value is -1.13. The van der Waals surface area contributed by atoms with E-state index >= 15 is 0 Å². The van der Waals surface area contributed by atoms with Crippen LogP contribution < -0.4 is 10.5 Å². The van der Waals surface area contributed by atoms with Gasteiger partial charge in [0.25, 0.3) is 0 Å². The second-order valence-corrected chi connectivity index (χ2v) is 5.60. The molecule has 0 spiro atoms. The van der Waals surface area contributed by atoms with Crippen LogP contribution in [0.5, 0.6) is 5.88 Å². The molecule has 2 aromatic rings. The first-order valence-corrected chi connectivity index (χ1v) is 6.78. The lowest BCUT2D eigenvalue weighted by molar-refractivity contribution is 0.221. The smallest absolute Gasteiger partial charge is 0.221 e. The zero-order valence-corrected chi connectivity index (χ0v) is 12.2. The summed E-state index contributed by atoms with van der Waals surface area (Å²) in [6.45, 7) is 4.49. The SMILES string of the molecule is CCC(C)(N)COc1nccc2c(Br)cccc12. The number of nitrogens with two attached hydrogens (primary N) is 1. The molecule has 18 heavy (non-hydrogen) atoms. The molecule has 1 heterocycles. The number of benzene rings is 1. The highest BCUT2D eigenvalue weighted by Gasteiger charge is 2.17. The van der Waals surface area contributed by atoms with E-state index in [1.165, 1.54) is 0 Å². The van der Waals surface area contributed by atoms with Gasteiger partial charge < -0.3 is 10.5 Å². The summed E-state index contributed by atoms with van der Waals surface area (Å²) in [4.78, 5) is 4.29. The molecule has 2 N–H and O–H groups in total. The molecular weight excluding hydrogens is 292 g/mol. The Morgan fingerprint density at radius 2 is 2.11 bits per heavy atom. The number of rotatable bonds is 4. The van der Waals surface area contributed by atoms with Crippen molar-refractivity contribution in [3.8, 4) is 5.88 Å². The number of fused-ring (bicyclic) bond motifs is 1. The van der Waals surface area contributed by atoms with E-state index in [0.717, 1.165) is 21.7 Å². The van der Waals surface area contributed by atoms with Crippen LogP contribution in [0.1, 0.15) is 20.3 Å². The minimum Gasteiger partial charge on any atom is -0.475 e. The number of hydrogen-bond donors (Lipinski definition) is 1. The van der Waals surface area contributed by atoms with Crippen molar-refractivity contribution >= 4 is 26.7 Å². The molecule has 0 amide bonds. The molecule has 0 aliphatic heterocycles. The van der Waals surface area contributed by atoms with Crippen LogP contribution in [0.4, 0.5) is 0 Å². The molecule has 0 saturated heterocycles. The molecule has 0 radical (unpaired) electrons. The quantitative estimate of drug-likeness (QED) is 0.940. The molecule has 1 aromatic heterocycles. The molecule has 96 valence electrons. The maximum atomic E-state index is 6.08. The maximum Gasteiger partial charge on any atom is 0.221 e. The van der Waals surface area contributed by atoms with Gasteiger partial charge in [0.05, 0.1) is 0 Å². The first kappa shape index (κ1) is 13.3. The van der Waals surface area contributed by atoms with Gasteiger partial charge in [-0.3, -0.25) is 0 Å². The number of hydrogen-bond acceptors (Lipinski definition) is 3. The molecule has 0 fully saturated rings. The molecule has 0 aliphatic carbocycles. The summed E-state index contributed by atoms with van der Waals surface area (Å²) < 4.78 is 6.81. The Kier molecular flexibility index (Phi) is 3.88.